The summed E-state index contributed by atoms with van der Waals surface area (Å²) in [7, 11) is -3.44. The van der Waals surface area contributed by atoms with E-state index in [1.165, 1.54) is 15.6 Å². The maximum absolute atomic E-state index is 12.7. The van der Waals surface area contributed by atoms with Crippen LogP contribution in [0.1, 0.15) is 24.0 Å². The van der Waals surface area contributed by atoms with Crippen molar-refractivity contribution in [2.45, 2.75) is 30.1 Å². The van der Waals surface area contributed by atoms with Gasteiger partial charge < -0.3 is 5.32 Å². The molecule has 1 amide bonds. The van der Waals surface area contributed by atoms with Gasteiger partial charge in [0.1, 0.15) is 4.21 Å². The van der Waals surface area contributed by atoms with Crippen LogP contribution >= 0.6 is 11.3 Å². The number of benzene rings is 1. The number of carbonyl (C=O) groups excluding carboxylic acids is 1. The Morgan fingerprint density at radius 3 is 2.53 bits per heavy atom. The highest BCUT2D eigenvalue weighted by molar-refractivity contribution is 7.91. The molecule has 1 aliphatic rings. The van der Waals surface area contributed by atoms with Crippen LogP contribution in [0.4, 0.5) is 0 Å². The summed E-state index contributed by atoms with van der Waals surface area (Å²) in [4.78, 5) is 12.7. The van der Waals surface area contributed by atoms with E-state index in [4.69, 9.17) is 0 Å². The molecule has 3 aromatic rings. The molecule has 3 heterocycles. The summed E-state index contributed by atoms with van der Waals surface area (Å²) in [6, 6.07) is 13.2. The fraction of sp³-hybridized carbons (Fsp3) is 0.333. The van der Waals surface area contributed by atoms with Crippen molar-refractivity contribution in [1.82, 2.24) is 19.4 Å². The Kier molecular flexibility index (Phi) is 6.31. The van der Waals surface area contributed by atoms with Crippen molar-refractivity contribution in [2.24, 2.45) is 5.92 Å². The van der Waals surface area contributed by atoms with Crippen LogP contribution in [-0.4, -0.2) is 41.5 Å². The van der Waals surface area contributed by atoms with Gasteiger partial charge in [-0.1, -0.05) is 30.3 Å². The van der Waals surface area contributed by atoms with Crippen LogP contribution in [0.15, 0.2) is 64.4 Å². The van der Waals surface area contributed by atoms with E-state index in [-0.39, 0.29) is 11.8 Å². The Morgan fingerprint density at radius 2 is 1.87 bits per heavy atom. The molecule has 1 saturated heterocycles. The molecule has 0 aliphatic carbocycles. The lowest BCUT2D eigenvalue weighted by Crippen LogP contribution is -2.42. The van der Waals surface area contributed by atoms with Crippen molar-refractivity contribution in [2.75, 3.05) is 13.1 Å². The van der Waals surface area contributed by atoms with Crippen LogP contribution in [0.3, 0.4) is 0 Å². The molecule has 0 atom stereocenters. The molecule has 1 aromatic carbocycles. The molecule has 0 spiro atoms. The molecule has 0 bridgehead atoms. The second-order valence-electron chi connectivity index (χ2n) is 7.30. The topological polar surface area (TPSA) is 84.3 Å². The van der Waals surface area contributed by atoms with E-state index in [1.54, 1.807) is 23.7 Å². The van der Waals surface area contributed by atoms with Crippen LogP contribution in [-0.2, 0) is 27.9 Å². The van der Waals surface area contributed by atoms with Crippen molar-refractivity contribution < 1.29 is 13.2 Å². The largest absolute Gasteiger partial charge is 0.352 e. The highest BCUT2D eigenvalue weighted by Gasteiger charge is 2.32. The Bertz CT molecular complexity index is 1070. The smallest absolute Gasteiger partial charge is 0.252 e. The number of hydrogen-bond donors (Lipinski definition) is 1. The SMILES string of the molecule is O=C(NCc1ccccc1Cn1cccn1)C1CCN(S(=O)(=O)c2cccs2)CC1. The van der Waals surface area contributed by atoms with Gasteiger partial charge in [0.05, 0.1) is 6.54 Å². The second-order valence-corrected chi connectivity index (χ2v) is 10.4. The summed E-state index contributed by atoms with van der Waals surface area (Å²) in [5.41, 5.74) is 2.16. The molecule has 2 aromatic heterocycles. The third-order valence-electron chi connectivity index (χ3n) is 5.38. The Morgan fingerprint density at radius 1 is 1.10 bits per heavy atom. The van der Waals surface area contributed by atoms with E-state index in [0.717, 1.165) is 11.1 Å². The molecule has 30 heavy (non-hydrogen) atoms. The Hall–Kier alpha value is -2.49. The number of carbonyl (C=O) groups is 1. The molecule has 0 saturated carbocycles. The normalized spacial score (nSPS) is 15.9. The Balaban J connectivity index is 1.32. The first-order chi connectivity index (χ1) is 14.5. The third-order valence-corrected chi connectivity index (χ3v) is 8.65. The predicted octanol–water partition coefficient (Wildman–Crippen LogP) is 2.71. The summed E-state index contributed by atoms with van der Waals surface area (Å²) in [6.45, 7) is 1.84. The van der Waals surface area contributed by atoms with Crippen molar-refractivity contribution >= 4 is 27.3 Å². The number of amides is 1. The zero-order valence-corrected chi connectivity index (χ0v) is 18.1. The van der Waals surface area contributed by atoms with Crippen LogP contribution in [0, 0.1) is 5.92 Å². The molecule has 0 unspecified atom stereocenters. The average Bonchev–Trinajstić information content (AvgIpc) is 3.48. The molecular weight excluding hydrogens is 420 g/mol. The van der Waals surface area contributed by atoms with Crippen LogP contribution in [0.2, 0.25) is 0 Å². The number of nitrogens with zero attached hydrogens (tertiary/aromatic N) is 3. The average molecular weight is 445 g/mol. The number of rotatable bonds is 7. The fourth-order valence-electron chi connectivity index (χ4n) is 3.68. The van der Waals surface area contributed by atoms with Gasteiger partial charge >= 0.3 is 0 Å². The lowest BCUT2D eigenvalue weighted by Gasteiger charge is -2.30. The van der Waals surface area contributed by atoms with Crippen LogP contribution in [0.25, 0.3) is 0 Å². The minimum Gasteiger partial charge on any atom is -0.352 e. The molecule has 0 radical (unpaired) electrons. The van der Waals surface area contributed by atoms with Crippen LogP contribution in [0.5, 0.6) is 0 Å². The van der Waals surface area contributed by atoms with Crippen LogP contribution < -0.4 is 5.32 Å². The van der Waals surface area contributed by atoms with E-state index < -0.39 is 10.0 Å². The summed E-state index contributed by atoms with van der Waals surface area (Å²) in [6.07, 6.45) is 4.72. The zero-order valence-electron chi connectivity index (χ0n) is 16.5. The molecular formula is C21H24N4O3S2. The van der Waals surface area contributed by atoms with E-state index in [1.807, 2.05) is 41.2 Å². The number of aromatic nitrogens is 2. The molecule has 158 valence electrons. The Labute approximate surface area is 180 Å². The molecule has 1 fully saturated rings. The molecule has 9 heteroatoms. The summed E-state index contributed by atoms with van der Waals surface area (Å²) in [5, 5.41) is 9.04. The van der Waals surface area contributed by atoms with Gasteiger partial charge in [-0.15, -0.1) is 11.3 Å². The van der Waals surface area contributed by atoms with E-state index >= 15 is 0 Å². The number of nitrogens with one attached hydrogen (secondary N) is 1. The standard InChI is InChI=1S/C21H24N4O3S2/c26-21(17-8-12-25(13-9-17)30(27,28)20-7-3-14-29-20)22-15-18-5-1-2-6-19(18)16-24-11-4-10-23-24/h1-7,10-11,14,17H,8-9,12-13,15-16H2,(H,22,26). The fourth-order valence-corrected chi connectivity index (χ4v) is 6.29. The molecule has 7 nitrogen and oxygen atoms in total. The van der Waals surface area contributed by atoms with E-state index in [0.29, 0.717) is 43.2 Å². The van der Waals surface area contributed by atoms with Crippen molar-refractivity contribution in [3.8, 4) is 0 Å². The molecule has 1 N–H and O–H groups in total. The van der Waals surface area contributed by atoms with Gasteiger partial charge in [-0.05, 0) is 41.5 Å². The van der Waals surface area contributed by atoms with Gasteiger partial charge in [-0.25, -0.2) is 8.42 Å². The van der Waals surface area contributed by atoms with Gasteiger partial charge in [-0.3, -0.25) is 9.48 Å². The summed E-state index contributed by atoms with van der Waals surface area (Å²) >= 11 is 1.22. The minimum absolute atomic E-state index is 0.0166. The lowest BCUT2D eigenvalue weighted by molar-refractivity contribution is -0.126. The second kappa shape index (κ2) is 9.11. The number of thiophene rings is 1. The van der Waals surface area contributed by atoms with Crippen molar-refractivity contribution in [1.29, 1.82) is 0 Å². The monoisotopic (exact) mass is 444 g/mol. The maximum Gasteiger partial charge on any atom is 0.252 e. The number of hydrogen-bond acceptors (Lipinski definition) is 5. The highest BCUT2D eigenvalue weighted by atomic mass is 32.2. The zero-order chi connectivity index (χ0) is 21.0. The third kappa shape index (κ3) is 4.63. The lowest BCUT2D eigenvalue weighted by atomic mass is 9.97. The first-order valence-electron chi connectivity index (χ1n) is 9.89. The van der Waals surface area contributed by atoms with Crippen molar-refractivity contribution in [3.63, 3.8) is 0 Å². The maximum atomic E-state index is 12.7. The van der Waals surface area contributed by atoms with E-state index in [2.05, 4.69) is 10.4 Å². The van der Waals surface area contributed by atoms with Gasteiger partial charge in [0.15, 0.2) is 0 Å². The van der Waals surface area contributed by atoms with Gasteiger partial charge in [-0.2, -0.15) is 9.40 Å². The molecule has 1 aliphatic heterocycles. The number of piperidine rings is 1. The van der Waals surface area contributed by atoms with Gasteiger partial charge in [0.25, 0.3) is 10.0 Å². The first kappa shape index (κ1) is 20.8. The highest BCUT2D eigenvalue weighted by Crippen LogP contribution is 2.26. The quantitative estimate of drug-likeness (QED) is 0.607. The molecule has 4 rings (SSSR count). The van der Waals surface area contributed by atoms with Gasteiger partial charge in [0, 0.05) is 37.9 Å². The van der Waals surface area contributed by atoms with Crippen molar-refractivity contribution in [3.05, 3.63) is 71.4 Å². The summed E-state index contributed by atoms with van der Waals surface area (Å²) < 4.78 is 29.0. The van der Waals surface area contributed by atoms with Gasteiger partial charge in [0.2, 0.25) is 5.91 Å². The minimum atomic E-state index is -3.44. The first-order valence-corrected chi connectivity index (χ1v) is 12.2. The predicted molar refractivity (Wildman–Crippen MR) is 115 cm³/mol. The summed E-state index contributed by atoms with van der Waals surface area (Å²) in [5.74, 6) is -0.185. The number of sulfonamides is 1. The van der Waals surface area contributed by atoms with E-state index in [9.17, 15) is 13.2 Å².